The molecule has 1 atom stereocenters. The maximum atomic E-state index is 12.9. The highest BCUT2D eigenvalue weighted by Crippen LogP contribution is 2.26. The molecule has 2 aliphatic rings. The van der Waals surface area contributed by atoms with Crippen molar-refractivity contribution >= 4 is 5.91 Å². The fourth-order valence-electron chi connectivity index (χ4n) is 4.11. The van der Waals surface area contributed by atoms with Gasteiger partial charge in [0, 0.05) is 18.7 Å². The molecule has 1 saturated heterocycles. The van der Waals surface area contributed by atoms with Crippen LogP contribution in [0.1, 0.15) is 58.4 Å². The molecule has 0 radical (unpaired) electrons. The number of rotatable bonds is 2. The van der Waals surface area contributed by atoms with Gasteiger partial charge >= 0.3 is 0 Å². The molecular weight excluding hydrogens is 300 g/mol. The summed E-state index contributed by atoms with van der Waals surface area (Å²) < 4.78 is 2.00. The highest BCUT2D eigenvalue weighted by atomic mass is 16.2. The summed E-state index contributed by atoms with van der Waals surface area (Å²) in [5.74, 6) is 1.89. The van der Waals surface area contributed by atoms with Crippen LogP contribution in [-0.4, -0.2) is 38.7 Å². The molecule has 1 aromatic carbocycles. The van der Waals surface area contributed by atoms with Gasteiger partial charge in [-0.2, -0.15) is 5.10 Å². The van der Waals surface area contributed by atoms with Crippen LogP contribution >= 0.6 is 0 Å². The first-order chi connectivity index (χ1) is 11.6. The Kier molecular flexibility index (Phi) is 3.87. The van der Waals surface area contributed by atoms with Gasteiger partial charge in [0.1, 0.15) is 11.6 Å². The number of piperidine rings is 1. The van der Waals surface area contributed by atoms with Crippen LogP contribution in [0.3, 0.4) is 0 Å². The smallest absolute Gasteiger partial charge is 0.253 e. The molecule has 5 heteroatoms. The van der Waals surface area contributed by atoms with E-state index in [1.54, 1.807) is 0 Å². The minimum absolute atomic E-state index is 0.156. The van der Waals surface area contributed by atoms with Gasteiger partial charge in [0.05, 0.1) is 6.04 Å². The number of nitrogens with zero attached hydrogens (tertiary/aromatic N) is 4. The summed E-state index contributed by atoms with van der Waals surface area (Å²) in [7, 11) is 0. The number of aryl methyl sites for hydroxylation is 4. The Bertz CT molecular complexity index is 780. The summed E-state index contributed by atoms with van der Waals surface area (Å²) in [4.78, 5) is 19.3. The quantitative estimate of drug-likeness (QED) is 0.853. The van der Waals surface area contributed by atoms with Gasteiger partial charge in [0.15, 0.2) is 0 Å². The van der Waals surface area contributed by atoms with Crippen molar-refractivity contribution in [2.24, 2.45) is 0 Å². The van der Waals surface area contributed by atoms with E-state index >= 15 is 0 Å². The Morgan fingerprint density at radius 3 is 2.79 bits per heavy atom. The number of hydrogen-bond acceptors (Lipinski definition) is 3. The third-order valence-electron chi connectivity index (χ3n) is 5.28. The van der Waals surface area contributed by atoms with Gasteiger partial charge in [-0.05, 0) is 69.2 Å². The van der Waals surface area contributed by atoms with E-state index < -0.39 is 0 Å². The summed E-state index contributed by atoms with van der Waals surface area (Å²) >= 11 is 0. The Hall–Kier alpha value is -2.17. The zero-order valence-corrected chi connectivity index (χ0v) is 14.5. The average molecular weight is 324 g/mol. The van der Waals surface area contributed by atoms with Gasteiger partial charge in [-0.1, -0.05) is 6.07 Å². The number of fused-ring (bicyclic) bond motifs is 1. The molecule has 0 N–H and O–H groups in total. The lowest BCUT2D eigenvalue weighted by atomic mass is 10.0. The van der Waals surface area contributed by atoms with Gasteiger partial charge in [-0.25, -0.2) is 9.67 Å². The van der Waals surface area contributed by atoms with Crippen molar-refractivity contribution in [1.29, 1.82) is 0 Å². The summed E-state index contributed by atoms with van der Waals surface area (Å²) in [5, 5.41) is 4.52. The third-order valence-corrected chi connectivity index (χ3v) is 5.28. The number of hydrogen-bond donors (Lipinski definition) is 0. The number of carbonyl (C=O) groups excluding carboxylic acids is 1. The lowest BCUT2D eigenvalue weighted by Gasteiger charge is -2.33. The molecule has 5 nitrogen and oxygen atoms in total. The van der Waals surface area contributed by atoms with Crippen molar-refractivity contribution < 1.29 is 4.79 Å². The number of benzene rings is 1. The van der Waals surface area contributed by atoms with Gasteiger partial charge in [0.2, 0.25) is 0 Å². The summed E-state index contributed by atoms with van der Waals surface area (Å²) in [6.45, 7) is 5.46. The van der Waals surface area contributed by atoms with E-state index in [1.807, 2.05) is 29.5 Å². The van der Waals surface area contributed by atoms with Crippen LogP contribution < -0.4 is 0 Å². The molecule has 1 fully saturated rings. The predicted molar refractivity (Wildman–Crippen MR) is 92.1 cm³/mol. The van der Waals surface area contributed by atoms with Crippen LogP contribution in [0, 0.1) is 13.8 Å². The molecule has 0 spiro atoms. The van der Waals surface area contributed by atoms with E-state index in [-0.39, 0.29) is 11.9 Å². The largest absolute Gasteiger partial charge is 0.337 e. The molecule has 1 aliphatic carbocycles. The highest BCUT2D eigenvalue weighted by Gasteiger charge is 2.27. The van der Waals surface area contributed by atoms with Crippen LogP contribution in [0.4, 0.5) is 0 Å². The van der Waals surface area contributed by atoms with Crippen molar-refractivity contribution in [3.05, 3.63) is 46.5 Å². The van der Waals surface area contributed by atoms with E-state index in [0.29, 0.717) is 0 Å². The maximum Gasteiger partial charge on any atom is 0.253 e. The Labute approximate surface area is 142 Å². The van der Waals surface area contributed by atoms with Crippen LogP contribution in [0.25, 0.3) is 0 Å². The van der Waals surface area contributed by atoms with E-state index in [1.165, 1.54) is 17.5 Å². The molecule has 1 aromatic heterocycles. The minimum atomic E-state index is 0.156. The first kappa shape index (κ1) is 15.4. The summed E-state index contributed by atoms with van der Waals surface area (Å²) in [5.41, 5.74) is 3.61. The van der Waals surface area contributed by atoms with Crippen LogP contribution in [-0.2, 0) is 12.8 Å². The molecule has 2 heterocycles. The molecule has 24 heavy (non-hydrogen) atoms. The monoisotopic (exact) mass is 324 g/mol. The van der Waals surface area contributed by atoms with Gasteiger partial charge in [-0.15, -0.1) is 0 Å². The Morgan fingerprint density at radius 2 is 2.00 bits per heavy atom. The van der Waals surface area contributed by atoms with Crippen LogP contribution in [0.15, 0.2) is 18.2 Å². The SMILES string of the molecule is Cc1nc(C)n([C@H]2CCCN(C(=O)c3ccc4c(c3)CCC4)C2)n1. The second-order valence-electron chi connectivity index (χ2n) is 7.04. The molecule has 0 bridgehead atoms. The molecule has 2 aromatic rings. The number of likely N-dealkylation sites (tertiary alicyclic amines) is 1. The predicted octanol–water partition coefficient (Wildman–Crippen LogP) is 2.86. The maximum absolute atomic E-state index is 12.9. The second kappa shape index (κ2) is 6.04. The zero-order valence-electron chi connectivity index (χ0n) is 14.5. The topological polar surface area (TPSA) is 51.0 Å². The van der Waals surface area contributed by atoms with Gasteiger partial charge in [0.25, 0.3) is 5.91 Å². The van der Waals surface area contributed by atoms with Crippen molar-refractivity contribution in [2.45, 2.75) is 52.0 Å². The molecule has 0 saturated carbocycles. The average Bonchev–Trinajstić information content (AvgIpc) is 3.19. The van der Waals surface area contributed by atoms with Crippen molar-refractivity contribution in [3.63, 3.8) is 0 Å². The number of amides is 1. The van der Waals surface area contributed by atoms with Crippen LogP contribution in [0.2, 0.25) is 0 Å². The van der Waals surface area contributed by atoms with E-state index in [9.17, 15) is 4.79 Å². The Balaban J connectivity index is 1.53. The van der Waals surface area contributed by atoms with Crippen molar-refractivity contribution in [2.75, 3.05) is 13.1 Å². The van der Waals surface area contributed by atoms with Crippen molar-refractivity contribution in [1.82, 2.24) is 19.7 Å². The van der Waals surface area contributed by atoms with E-state index in [2.05, 4.69) is 22.2 Å². The Morgan fingerprint density at radius 1 is 1.17 bits per heavy atom. The summed E-state index contributed by atoms with van der Waals surface area (Å²) in [6.07, 6.45) is 5.54. The van der Waals surface area contributed by atoms with E-state index in [0.717, 1.165) is 56.0 Å². The van der Waals surface area contributed by atoms with Crippen LogP contribution in [0.5, 0.6) is 0 Å². The van der Waals surface area contributed by atoms with Crippen molar-refractivity contribution in [3.8, 4) is 0 Å². The molecular formula is C19H24N4O. The first-order valence-electron chi connectivity index (χ1n) is 8.92. The third kappa shape index (κ3) is 2.72. The molecule has 126 valence electrons. The van der Waals surface area contributed by atoms with Gasteiger partial charge < -0.3 is 4.90 Å². The van der Waals surface area contributed by atoms with Gasteiger partial charge in [-0.3, -0.25) is 4.79 Å². The number of carbonyl (C=O) groups is 1. The lowest BCUT2D eigenvalue weighted by molar-refractivity contribution is 0.0671. The molecule has 1 amide bonds. The lowest BCUT2D eigenvalue weighted by Crippen LogP contribution is -2.41. The summed E-state index contributed by atoms with van der Waals surface area (Å²) in [6, 6.07) is 6.49. The fourth-order valence-corrected chi connectivity index (χ4v) is 4.11. The molecule has 4 rings (SSSR count). The first-order valence-corrected chi connectivity index (χ1v) is 8.92. The fraction of sp³-hybridized carbons (Fsp3) is 0.526. The molecule has 1 aliphatic heterocycles. The normalized spacial score (nSPS) is 20.2. The molecule has 0 unspecified atom stereocenters. The number of aromatic nitrogens is 3. The minimum Gasteiger partial charge on any atom is -0.337 e. The van der Waals surface area contributed by atoms with E-state index in [4.69, 9.17) is 0 Å². The zero-order chi connectivity index (χ0) is 16.7. The highest BCUT2D eigenvalue weighted by molar-refractivity contribution is 5.94. The standard InChI is InChI=1S/C19H24N4O/c1-13-20-14(2)23(21-13)18-7-4-10-22(12-18)19(24)17-9-8-15-5-3-6-16(15)11-17/h8-9,11,18H,3-7,10,12H2,1-2H3/t18-/m0/s1. The second-order valence-corrected chi connectivity index (χ2v) is 7.04.